The van der Waals surface area contributed by atoms with Crippen LogP contribution in [0.4, 0.5) is 4.39 Å². The van der Waals surface area contributed by atoms with Crippen LogP contribution in [0, 0.1) is 17.1 Å². The summed E-state index contributed by atoms with van der Waals surface area (Å²) in [6, 6.07) is 6.45. The van der Waals surface area contributed by atoms with Crippen molar-refractivity contribution >= 4 is 0 Å². The van der Waals surface area contributed by atoms with Crippen LogP contribution in [0.15, 0.2) is 18.2 Å². The highest BCUT2D eigenvalue weighted by atomic mass is 19.1. The molecule has 0 aliphatic carbocycles. The van der Waals surface area contributed by atoms with Gasteiger partial charge in [0.15, 0.2) is 11.6 Å². The van der Waals surface area contributed by atoms with E-state index in [1.54, 1.807) is 6.07 Å². The van der Waals surface area contributed by atoms with E-state index in [1.807, 2.05) is 6.07 Å². The second-order valence-electron chi connectivity index (χ2n) is 3.86. The number of hydrogen-bond donors (Lipinski definition) is 1. The molecule has 1 aromatic carbocycles. The topological polar surface area (TPSA) is 45.0 Å². The van der Waals surface area contributed by atoms with Crippen LogP contribution in [0.25, 0.3) is 0 Å². The van der Waals surface area contributed by atoms with Crippen LogP contribution >= 0.6 is 0 Å². The van der Waals surface area contributed by atoms with Crippen molar-refractivity contribution < 1.29 is 9.13 Å². The third-order valence-electron chi connectivity index (χ3n) is 2.66. The number of halogens is 1. The SMILES string of the molecule is N#Cc1ccc(OCC2CCCN2)c(F)c1. The van der Waals surface area contributed by atoms with Gasteiger partial charge in [-0.2, -0.15) is 5.26 Å². The van der Waals surface area contributed by atoms with Crippen molar-refractivity contribution in [1.29, 1.82) is 5.26 Å². The maximum absolute atomic E-state index is 13.4. The third-order valence-corrected chi connectivity index (χ3v) is 2.66. The Bertz CT molecular complexity index is 408. The highest BCUT2D eigenvalue weighted by molar-refractivity contribution is 5.35. The molecule has 0 spiro atoms. The van der Waals surface area contributed by atoms with E-state index in [4.69, 9.17) is 10.00 Å². The molecule has 4 heteroatoms. The second kappa shape index (κ2) is 4.95. The van der Waals surface area contributed by atoms with Crippen LogP contribution in [0.1, 0.15) is 18.4 Å². The van der Waals surface area contributed by atoms with Crippen LogP contribution in [0.2, 0.25) is 0 Å². The van der Waals surface area contributed by atoms with Gasteiger partial charge in [-0.05, 0) is 37.6 Å². The van der Waals surface area contributed by atoms with Crippen molar-refractivity contribution in [3.05, 3.63) is 29.6 Å². The van der Waals surface area contributed by atoms with Crippen molar-refractivity contribution in [2.75, 3.05) is 13.2 Å². The minimum atomic E-state index is -0.475. The van der Waals surface area contributed by atoms with E-state index in [-0.39, 0.29) is 5.75 Å². The van der Waals surface area contributed by atoms with E-state index < -0.39 is 5.82 Å². The monoisotopic (exact) mass is 220 g/mol. The molecular formula is C12H13FN2O. The molecule has 1 atom stereocenters. The molecule has 1 aromatic rings. The molecule has 0 amide bonds. The van der Waals surface area contributed by atoms with Crippen molar-refractivity contribution in [2.24, 2.45) is 0 Å². The van der Waals surface area contributed by atoms with Crippen LogP contribution in [0.3, 0.4) is 0 Å². The molecule has 0 bridgehead atoms. The fourth-order valence-corrected chi connectivity index (χ4v) is 1.78. The van der Waals surface area contributed by atoms with Gasteiger partial charge in [-0.1, -0.05) is 0 Å². The van der Waals surface area contributed by atoms with E-state index in [0.29, 0.717) is 18.2 Å². The lowest BCUT2D eigenvalue weighted by Gasteiger charge is -2.12. The Kier molecular flexibility index (Phi) is 3.37. The molecule has 1 aliphatic rings. The molecule has 1 N–H and O–H groups in total. The first-order chi connectivity index (χ1) is 7.79. The lowest BCUT2D eigenvalue weighted by molar-refractivity contribution is 0.265. The Morgan fingerprint density at radius 2 is 2.44 bits per heavy atom. The van der Waals surface area contributed by atoms with Gasteiger partial charge in [-0.25, -0.2) is 4.39 Å². The Labute approximate surface area is 93.8 Å². The Morgan fingerprint density at radius 1 is 1.56 bits per heavy atom. The minimum absolute atomic E-state index is 0.215. The van der Waals surface area contributed by atoms with Crippen molar-refractivity contribution in [3.63, 3.8) is 0 Å². The molecule has 1 saturated heterocycles. The van der Waals surface area contributed by atoms with Gasteiger partial charge in [0, 0.05) is 6.04 Å². The fourth-order valence-electron chi connectivity index (χ4n) is 1.78. The first kappa shape index (κ1) is 10.9. The quantitative estimate of drug-likeness (QED) is 0.845. The molecule has 1 fully saturated rings. The molecule has 2 rings (SSSR count). The first-order valence-electron chi connectivity index (χ1n) is 5.35. The highest BCUT2D eigenvalue weighted by Gasteiger charge is 2.15. The predicted octanol–water partition coefficient (Wildman–Crippen LogP) is 1.83. The van der Waals surface area contributed by atoms with Gasteiger partial charge in [0.05, 0.1) is 11.6 Å². The average Bonchev–Trinajstić information content (AvgIpc) is 2.80. The second-order valence-corrected chi connectivity index (χ2v) is 3.86. The summed E-state index contributed by atoms with van der Waals surface area (Å²) in [5, 5.41) is 11.9. The maximum Gasteiger partial charge on any atom is 0.166 e. The Balaban J connectivity index is 1.96. The predicted molar refractivity (Wildman–Crippen MR) is 57.6 cm³/mol. The van der Waals surface area contributed by atoms with Crippen molar-refractivity contribution in [2.45, 2.75) is 18.9 Å². The fraction of sp³-hybridized carbons (Fsp3) is 0.417. The van der Waals surface area contributed by atoms with E-state index in [9.17, 15) is 4.39 Å². The van der Waals surface area contributed by atoms with Gasteiger partial charge in [-0.15, -0.1) is 0 Å². The number of nitrogens with one attached hydrogen (secondary N) is 1. The zero-order valence-corrected chi connectivity index (χ0v) is 8.87. The third kappa shape index (κ3) is 2.50. The number of benzene rings is 1. The molecular weight excluding hydrogens is 207 g/mol. The molecule has 84 valence electrons. The van der Waals surface area contributed by atoms with E-state index >= 15 is 0 Å². The lowest BCUT2D eigenvalue weighted by Crippen LogP contribution is -2.28. The van der Waals surface area contributed by atoms with Crippen LogP contribution < -0.4 is 10.1 Å². The lowest BCUT2D eigenvalue weighted by atomic mass is 10.2. The molecule has 0 aromatic heterocycles. The van der Waals surface area contributed by atoms with Gasteiger partial charge in [-0.3, -0.25) is 0 Å². The van der Waals surface area contributed by atoms with E-state index in [1.165, 1.54) is 12.1 Å². The summed E-state index contributed by atoms with van der Waals surface area (Å²) in [5.41, 5.74) is 0.309. The largest absolute Gasteiger partial charge is 0.489 e. The number of hydrogen-bond acceptors (Lipinski definition) is 3. The summed E-state index contributed by atoms with van der Waals surface area (Å²) in [5.74, 6) is -0.259. The van der Waals surface area contributed by atoms with E-state index in [0.717, 1.165) is 19.4 Å². The Hall–Kier alpha value is -1.60. The van der Waals surface area contributed by atoms with Gasteiger partial charge < -0.3 is 10.1 Å². The zero-order chi connectivity index (χ0) is 11.4. The molecule has 1 unspecified atom stereocenters. The average molecular weight is 220 g/mol. The van der Waals surface area contributed by atoms with Crippen molar-refractivity contribution in [1.82, 2.24) is 5.32 Å². The maximum atomic E-state index is 13.4. The minimum Gasteiger partial charge on any atom is -0.489 e. The summed E-state index contributed by atoms with van der Waals surface area (Å²) >= 11 is 0. The molecule has 0 radical (unpaired) electrons. The normalized spacial score (nSPS) is 19.4. The summed E-state index contributed by atoms with van der Waals surface area (Å²) in [6.45, 7) is 1.48. The number of nitriles is 1. The molecule has 1 aliphatic heterocycles. The molecule has 0 saturated carbocycles. The standard InChI is InChI=1S/C12H13FN2O/c13-11-6-9(7-14)3-4-12(11)16-8-10-2-1-5-15-10/h3-4,6,10,15H,1-2,5,8H2. The van der Waals surface area contributed by atoms with Crippen molar-refractivity contribution in [3.8, 4) is 11.8 Å². The summed E-state index contributed by atoms with van der Waals surface area (Å²) in [7, 11) is 0. The van der Waals surface area contributed by atoms with Crippen LogP contribution in [-0.2, 0) is 0 Å². The number of nitrogens with zero attached hydrogens (tertiary/aromatic N) is 1. The highest BCUT2D eigenvalue weighted by Crippen LogP contribution is 2.18. The van der Waals surface area contributed by atoms with E-state index in [2.05, 4.69) is 5.32 Å². The zero-order valence-electron chi connectivity index (χ0n) is 8.87. The van der Waals surface area contributed by atoms with Gasteiger partial charge in [0.25, 0.3) is 0 Å². The first-order valence-corrected chi connectivity index (χ1v) is 5.35. The van der Waals surface area contributed by atoms with Gasteiger partial charge >= 0.3 is 0 Å². The van der Waals surface area contributed by atoms with Gasteiger partial charge in [0.1, 0.15) is 6.61 Å². The number of ether oxygens (including phenoxy) is 1. The summed E-state index contributed by atoms with van der Waals surface area (Å²) in [6.07, 6.45) is 2.21. The summed E-state index contributed by atoms with van der Waals surface area (Å²) < 4.78 is 18.8. The van der Waals surface area contributed by atoms with Crippen LogP contribution in [-0.4, -0.2) is 19.2 Å². The van der Waals surface area contributed by atoms with Crippen LogP contribution in [0.5, 0.6) is 5.75 Å². The molecule has 3 nitrogen and oxygen atoms in total. The summed E-state index contributed by atoms with van der Waals surface area (Å²) in [4.78, 5) is 0. The molecule has 1 heterocycles. The number of rotatable bonds is 3. The van der Waals surface area contributed by atoms with Gasteiger partial charge in [0.2, 0.25) is 0 Å². The smallest absolute Gasteiger partial charge is 0.166 e. The Morgan fingerprint density at radius 3 is 3.06 bits per heavy atom. The molecule has 16 heavy (non-hydrogen) atoms.